The first kappa shape index (κ1) is 32.8. The van der Waals surface area contributed by atoms with Gasteiger partial charge in [-0.1, -0.05) is 23.5 Å². The minimum absolute atomic E-state index is 0.0191. The lowest BCUT2D eigenvalue weighted by Crippen LogP contribution is -2.08. The molecule has 15 nitrogen and oxygen atoms in total. The number of aromatic nitrogens is 1. The lowest BCUT2D eigenvalue weighted by molar-refractivity contribution is 0.282. The number of ether oxygens (including phenoxy) is 1. The summed E-state index contributed by atoms with van der Waals surface area (Å²) < 4.78 is 71.4. The van der Waals surface area contributed by atoms with Gasteiger partial charge in [0.15, 0.2) is 5.75 Å². The molecular formula is C28H26N6O9S3. The first-order valence-electron chi connectivity index (χ1n) is 13.3. The van der Waals surface area contributed by atoms with E-state index in [9.17, 15) is 31.6 Å². The number of benzene rings is 4. The summed E-state index contributed by atoms with van der Waals surface area (Å²) in [6, 6.07) is 13.6. The molecule has 5 rings (SSSR count). The van der Waals surface area contributed by atoms with Crippen LogP contribution in [-0.4, -0.2) is 53.5 Å². The monoisotopic (exact) mass is 686 g/mol. The van der Waals surface area contributed by atoms with Crippen molar-refractivity contribution in [2.75, 3.05) is 18.1 Å². The molecule has 0 aliphatic carbocycles. The van der Waals surface area contributed by atoms with Crippen LogP contribution in [0.15, 0.2) is 79.9 Å². The molecule has 1 heterocycles. The number of nitrogens with two attached hydrogens (primary N) is 1. The van der Waals surface area contributed by atoms with E-state index in [4.69, 9.17) is 15.0 Å². The number of azo groups is 2. The van der Waals surface area contributed by atoms with Gasteiger partial charge in [-0.25, -0.2) is 4.98 Å². The molecule has 4 aromatic carbocycles. The number of nitrogen functional groups attached to an aromatic ring is 1. The van der Waals surface area contributed by atoms with Crippen molar-refractivity contribution in [1.29, 1.82) is 0 Å². The summed E-state index contributed by atoms with van der Waals surface area (Å²) in [5.74, 6) is -0.818. The van der Waals surface area contributed by atoms with Crippen molar-refractivity contribution in [3.63, 3.8) is 0 Å². The summed E-state index contributed by atoms with van der Waals surface area (Å²) >= 11 is 1.28. The Hall–Kier alpha value is -4.59. The number of thiazole rings is 1. The van der Waals surface area contributed by atoms with E-state index in [-0.39, 0.29) is 53.2 Å². The van der Waals surface area contributed by atoms with E-state index in [2.05, 4.69) is 25.4 Å². The number of aromatic hydroxyl groups is 1. The summed E-state index contributed by atoms with van der Waals surface area (Å²) in [6.07, 6.45) is -0.0353. The van der Waals surface area contributed by atoms with Crippen molar-refractivity contribution in [3.8, 4) is 11.5 Å². The van der Waals surface area contributed by atoms with E-state index in [0.717, 1.165) is 10.3 Å². The van der Waals surface area contributed by atoms with Crippen molar-refractivity contribution >= 4 is 80.4 Å². The molecule has 0 amide bonds. The van der Waals surface area contributed by atoms with Crippen LogP contribution in [0.2, 0.25) is 0 Å². The molecule has 0 radical (unpaired) electrons. The quantitative estimate of drug-likeness (QED) is 0.0448. The number of hydrogen-bond acceptors (Lipinski definition) is 14. The SMILES string of the molecule is Cc1cc(N=Nc2ccc3c(S(=O)(=O)O)c(N)ccc3c2O)c(OCCCS(=O)(=O)O)cc1N=Nc1nc2ccc(CO)cc2s1. The number of aliphatic hydroxyl groups excluding tert-OH is 1. The molecule has 0 aliphatic heterocycles. The Bertz CT molecular complexity index is 2250. The van der Waals surface area contributed by atoms with Crippen LogP contribution in [0, 0.1) is 6.92 Å². The number of phenols is 1. The Morgan fingerprint density at radius 1 is 0.891 bits per heavy atom. The largest absolute Gasteiger partial charge is 0.505 e. The van der Waals surface area contributed by atoms with E-state index < -0.39 is 36.6 Å². The van der Waals surface area contributed by atoms with Crippen molar-refractivity contribution < 1.29 is 40.9 Å². The van der Waals surface area contributed by atoms with Crippen LogP contribution in [0.3, 0.4) is 0 Å². The predicted octanol–water partition coefficient (Wildman–Crippen LogP) is 6.27. The lowest BCUT2D eigenvalue weighted by atomic mass is 10.1. The molecule has 0 unspecified atom stereocenters. The van der Waals surface area contributed by atoms with Crippen LogP contribution in [-0.2, 0) is 26.8 Å². The molecule has 0 fully saturated rings. The topological polar surface area (TPSA) is 247 Å². The summed E-state index contributed by atoms with van der Waals surface area (Å²) in [4.78, 5) is 3.88. The summed E-state index contributed by atoms with van der Waals surface area (Å²) in [5, 5.41) is 37.5. The molecule has 0 saturated heterocycles. The zero-order valence-electron chi connectivity index (χ0n) is 23.9. The number of hydrogen-bond donors (Lipinski definition) is 5. The van der Waals surface area contributed by atoms with Gasteiger partial charge in [0, 0.05) is 16.8 Å². The van der Waals surface area contributed by atoms with E-state index in [1.165, 1.54) is 41.7 Å². The summed E-state index contributed by atoms with van der Waals surface area (Å²) in [7, 11) is -8.91. The Morgan fingerprint density at radius 2 is 1.61 bits per heavy atom. The minimum Gasteiger partial charge on any atom is -0.505 e. The third kappa shape index (κ3) is 7.44. The van der Waals surface area contributed by atoms with Gasteiger partial charge in [-0.15, -0.1) is 20.5 Å². The smallest absolute Gasteiger partial charge is 0.297 e. The first-order chi connectivity index (χ1) is 21.7. The number of aryl methyl sites for hydroxylation is 1. The molecule has 240 valence electrons. The Kier molecular flexibility index (Phi) is 9.29. The summed E-state index contributed by atoms with van der Waals surface area (Å²) in [6.45, 7) is 1.51. The average molecular weight is 687 g/mol. The van der Waals surface area contributed by atoms with Gasteiger partial charge in [0.25, 0.3) is 20.2 Å². The fourth-order valence-electron chi connectivity index (χ4n) is 4.43. The van der Waals surface area contributed by atoms with Gasteiger partial charge in [0.1, 0.15) is 22.0 Å². The number of phenolic OH excluding ortho intramolecular Hbond substituents is 1. The predicted molar refractivity (Wildman–Crippen MR) is 171 cm³/mol. The van der Waals surface area contributed by atoms with E-state index in [0.29, 0.717) is 21.9 Å². The molecule has 1 aromatic heterocycles. The molecular weight excluding hydrogens is 661 g/mol. The maximum absolute atomic E-state index is 11.9. The maximum Gasteiger partial charge on any atom is 0.297 e. The molecule has 46 heavy (non-hydrogen) atoms. The number of anilines is 1. The molecule has 0 saturated carbocycles. The van der Waals surface area contributed by atoms with Gasteiger partial charge < -0.3 is 20.7 Å². The second-order valence-electron chi connectivity index (χ2n) is 9.94. The van der Waals surface area contributed by atoms with Crippen molar-refractivity contribution in [1.82, 2.24) is 4.98 Å². The Labute approximate surface area is 266 Å². The third-order valence-corrected chi connectivity index (χ3v) is 9.28. The van der Waals surface area contributed by atoms with Crippen molar-refractivity contribution in [2.45, 2.75) is 24.8 Å². The van der Waals surface area contributed by atoms with Crippen LogP contribution in [0.4, 0.5) is 27.9 Å². The Morgan fingerprint density at radius 3 is 2.33 bits per heavy atom. The van der Waals surface area contributed by atoms with E-state index in [1.54, 1.807) is 25.1 Å². The standard InChI is InChI=1S/C28H26N6O9S3/c1-15-11-23(33-31-21-8-5-18-17(26(21)36)4-6-19(29)27(18)46(40,41)42)24(43-9-2-10-45(37,38)39)13-22(15)32-34-28-30-20-7-3-16(14-35)12-25(20)44-28/h3-8,11-13,35-36H,2,9-10,14,29H2,1H3,(H,37,38,39)(H,40,41,42). The van der Waals surface area contributed by atoms with Gasteiger partial charge in [-0.2, -0.15) is 16.8 Å². The van der Waals surface area contributed by atoms with Gasteiger partial charge in [0.2, 0.25) is 5.13 Å². The molecule has 0 atom stereocenters. The third-order valence-electron chi connectivity index (χ3n) is 6.60. The molecule has 18 heteroatoms. The van der Waals surface area contributed by atoms with Crippen LogP contribution in [0.1, 0.15) is 17.5 Å². The zero-order chi connectivity index (χ0) is 33.2. The van der Waals surface area contributed by atoms with Crippen LogP contribution in [0.25, 0.3) is 21.0 Å². The second-order valence-corrected chi connectivity index (χ2v) is 13.9. The second kappa shape index (κ2) is 13.0. The highest BCUT2D eigenvalue weighted by atomic mass is 32.2. The summed E-state index contributed by atoms with van der Waals surface area (Å²) in [5.41, 5.74) is 8.08. The highest BCUT2D eigenvalue weighted by molar-refractivity contribution is 7.86. The van der Waals surface area contributed by atoms with E-state index >= 15 is 0 Å². The molecule has 0 aliphatic rings. The minimum atomic E-state index is -4.70. The van der Waals surface area contributed by atoms with Crippen LogP contribution < -0.4 is 10.5 Å². The Balaban J connectivity index is 1.49. The van der Waals surface area contributed by atoms with Gasteiger partial charge >= 0.3 is 0 Å². The number of rotatable bonds is 11. The number of fused-ring (bicyclic) bond motifs is 2. The number of nitrogens with zero attached hydrogens (tertiary/aromatic N) is 5. The maximum atomic E-state index is 11.9. The normalized spacial score (nSPS) is 12.6. The highest BCUT2D eigenvalue weighted by Gasteiger charge is 2.20. The first-order valence-corrected chi connectivity index (χ1v) is 17.2. The van der Waals surface area contributed by atoms with Gasteiger partial charge in [-0.05, 0) is 60.9 Å². The lowest BCUT2D eigenvalue weighted by Gasteiger charge is -2.11. The van der Waals surface area contributed by atoms with Crippen molar-refractivity contribution in [3.05, 3.63) is 65.7 Å². The molecule has 5 aromatic rings. The van der Waals surface area contributed by atoms with Gasteiger partial charge in [-0.3, -0.25) is 9.11 Å². The molecule has 0 spiro atoms. The van der Waals surface area contributed by atoms with Gasteiger partial charge in [0.05, 0.1) is 40.6 Å². The average Bonchev–Trinajstić information content (AvgIpc) is 3.40. The molecule has 6 N–H and O–H groups in total. The molecule has 0 bridgehead atoms. The fraction of sp³-hybridized carbons (Fsp3) is 0.179. The highest BCUT2D eigenvalue weighted by Crippen LogP contribution is 2.42. The van der Waals surface area contributed by atoms with E-state index in [1.807, 2.05) is 6.07 Å². The zero-order valence-corrected chi connectivity index (χ0v) is 26.3. The fourth-order valence-corrected chi connectivity index (χ4v) is 6.58. The number of aliphatic hydroxyl groups is 1. The van der Waals surface area contributed by atoms with Crippen LogP contribution >= 0.6 is 11.3 Å². The van der Waals surface area contributed by atoms with Crippen LogP contribution in [0.5, 0.6) is 11.5 Å². The van der Waals surface area contributed by atoms with Crippen molar-refractivity contribution in [2.24, 2.45) is 20.5 Å².